The van der Waals surface area contributed by atoms with E-state index in [0.717, 1.165) is 29.8 Å². The first-order valence-corrected chi connectivity index (χ1v) is 12.1. The summed E-state index contributed by atoms with van der Waals surface area (Å²) in [5.41, 5.74) is 2.53. The molecule has 1 fully saturated rings. The van der Waals surface area contributed by atoms with Crippen LogP contribution in [0, 0.1) is 17.0 Å². The van der Waals surface area contributed by atoms with Crippen molar-refractivity contribution in [2.24, 2.45) is 5.41 Å². The van der Waals surface area contributed by atoms with Crippen molar-refractivity contribution in [3.05, 3.63) is 71.4 Å². The van der Waals surface area contributed by atoms with E-state index in [1.807, 2.05) is 0 Å². The number of aliphatic hydroxyl groups is 2. The average Bonchev–Trinajstić information content (AvgIpc) is 3.51. The first-order valence-electron chi connectivity index (χ1n) is 12.1. The summed E-state index contributed by atoms with van der Waals surface area (Å²) >= 11 is 0. The smallest absolute Gasteiger partial charge is 0.135 e. The van der Waals surface area contributed by atoms with Crippen molar-refractivity contribution >= 4 is 0 Å². The van der Waals surface area contributed by atoms with Gasteiger partial charge in [0.25, 0.3) is 0 Å². The lowest BCUT2D eigenvalue weighted by molar-refractivity contribution is 0.0747. The number of benzene rings is 1. The van der Waals surface area contributed by atoms with Crippen LogP contribution < -0.4 is 0 Å². The summed E-state index contributed by atoms with van der Waals surface area (Å²) in [7, 11) is 0. The van der Waals surface area contributed by atoms with Crippen LogP contribution in [0.5, 0.6) is 0 Å². The second-order valence-electron chi connectivity index (χ2n) is 10.3. The summed E-state index contributed by atoms with van der Waals surface area (Å²) in [6.45, 7) is 3.99. The van der Waals surface area contributed by atoms with E-state index in [0.29, 0.717) is 11.4 Å². The fourth-order valence-electron chi connectivity index (χ4n) is 6.20. The molecule has 37 heavy (non-hydrogen) atoms. The Labute approximate surface area is 211 Å². The maximum Gasteiger partial charge on any atom is 0.135 e. The van der Waals surface area contributed by atoms with Gasteiger partial charge < -0.3 is 10.2 Å². The Hall–Kier alpha value is -3.70. The van der Waals surface area contributed by atoms with Crippen LogP contribution in [0.1, 0.15) is 49.6 Å². The van der Waals surface area contributed by atoms with Gasteiger partial charge in [0.1, 0.15) is 23.0 Å². The summed E-state index contributed by atoms with van der Waals surface area (Å²) in [5.74, 6) is -1.24. The molecule has 1 aromatic carbocycles. The standard InChI is InChI=1S/C26H25F2N7O2/c1-25(2)16-6-7-26(25,24-15(16)8-19(32-33-24)23-17(27)4-3-5-18(23)28)22-11-29-9-20(31-22)21-10-30-35(34-21)12-14(37)13-36/h3-5,8-11,14,16,36-37H,6-7,12-13H2,1-2H3/t14-,16-,26-/m0/s1. The summed E-state index contributed by atoms with van der Waals surface area (Å²) in [4.78, 5) is 10.7. The third-order valence-corrected chi connectivity index (χ3v) is 8.06. The summed E-state index contributed by atoms with van der Waals surface area (Å²) in [5, 5.41) is 36.1. The van der Waals surface area contributed by atoms with Gasteiger partial charge in [-0.15, -0.1) is 5.10 Å². The Morgan fingerprint density at radius 3 is 2.62 bits per heavy atom. The molecular weight excluding hydrogens is 480 g/mol. The van der Waals surface area contributed by atoms with Crippen molar-refractivity contribution in [1.29, 1.82) is 0 Å². The van der Waals surface area contributed by atoms with Crippen LogP contribution in [0.3, 0.4) is 0 Å². The van der Waals surface area contributed by atoms with Crippen LogP contribution in [0.2, 0.25) is 0 Å². The lowest BCUT2D eigenvalue weighted by atomic mass is 9.66. The molecule has 0 unspecified atom stereocenters. The largest absolute Gasteiger partial charge is 0.394 e. The number of fused-ring (bicyclic) bond motifs is 5. The van der Waals surface area contributed by atoms with Gasteiger partial charge in [0.05, 0.1) is 59.7 Å². The van der Waals surface area contributed by atoms with Crippen LogP contribution in [-0.4, -0.2) is 58.1 Å². The van der Waals surface area contributed by atoms with E-state index in [1.54, 1.807) is 18.5 Å². The molecule has 190 valence electrons. The third kappa shape index (κ3) is 3.41. The Morgan fingerprint density at radius 1 is 1.08 bits per heavy atom. The van der Waals surface area contributed by atoms with Crippen LogP contribution in [0.15, 0.2) is 42.9 Å². The molecule has 2 bridgehead atoms. The molecule has 1 saturated carbocycles. The zero-order valence-corrected chi connectivity index (χ0v) is 20.3. The van der Waals surface area contributed by atoms with Crippen molar-refractivity contribution in [2.45, 2.75) is 50.7 Å². The highest BCUT2D eigenvalue weighted by Gasteiger charge is 2.65. The van der Waals surface area contributed by atoms with Crippen LogP contribution in [-0.2, 0) is 12.0 Å². The number of rotatable bonds is 6. The van der Waals surface area contributed by atoms with Gasteiger partial charge >= 0.3 is 0 Å². The molecule has 9 nitrogen and oxygen atoms in total. The van der Waals surface area contributed by atoms with E-state index in [9.17, 15) is 13.9 Å². The van der Waals surface area contributed by atoms with Gasteiger partial charge in [-0.1, -0.05) is 19.9 Å². The second-order valence-corrected chi connectivity index (χ2v) is 10.3. The maximum atomic E-state index is 14.5. The molecule has 4 aromatic rings. The molecule has 0 radical (unpaired) electrons. The molecular formula is C26H25F2N7O2. The first-order chi connectivity index (χ1) is 17.8. The van der Waals surface area contributed by atoms with E-state index >= 15 is 0 Å². The number of aliphatic hydroxyl groups excluding tert-OH is 2. The highest BCUT2D eigenvalue weighted by atomic mass is 19.1. The van der Waals surface area contributed by atoms with Crippen LogP contribution >= 0.6 is 0 Å². The van der Waals surface area contributed by atoms with E-state index < -0.39 is 29.8 Å². The highest BCUT2D eigenvalue weighted by molar-refractivity contribution is 5.64. The normalized spacial score (nSPS) is 22.3. The Morgan fingerprint density at radius 2 is 1.86 bits per heavy atom. The van der Waals surface area contributed by atoms with Gasteiger partial charge in [-0.3, -0.25) is 4.98 Å². The Kier molecular flexibility index (Phi) is 5.39. The fourth-order valence-corrected chi connectivity index (χ4v) is 6.20. The lowest BCUT2D eigenvalue weighted by Crippen LogP contribution is -2.38. The van der Waals surface area contributed by atoms with Gasteiger partial charge in [-0.25, -0.2) is 13.8 Å². The van der Waals surface area contributed by atoms with E-state index in [-0.39, 0.29) is 29.1 Å². The molecule has 3 atom stereocenters. The number of aromatic nitrogens is 7. The van der Waals surface area contributed by atoms with Crippen LogP contribution in [0.4, 0.5) is 8.78 Å². The van der Waals surface area contributed by atoms with Crippen molar-refractivity contribution in [3.63, 3.8) is 0 Å². The Balaban J connectivity index is 1.43. The zero-order valence-electron chi connectivity index (χ0n) is 20.3. The molecule has 0 spiro atoms. The van der Waals surface area contributed by atoms with E-state index in [4.69, 9.17) is 10.1 Å². The van der Waals surface area contributed by atoms with Crippen LogP contribution in [0.25, 0.3) is 22.6 Å². The number of hydrogen-bond donors (Lipinski definition) is 2. The van der Waals surface area contributed by atoms with E-state index in [1.165, 1.54) is 29.2 Å². The third-order valence-electron chi connectivity index (χ3n) is 8.06. The predicted molar refractivity (Wildman–Crippen MR) is 128 cm³/mol. The topological polar surface area (TPSA) is 123 Å². The fraction of sp³-hybridized carbons (Fsp3) is 0.385. The van der Waals surface area contributed by atoms with Crippen molar-refractivity contribution in [1.82, 2.24) is 35.2 Å². The molecule has 2 N–H and O–H groups in total. The van der Waals surface area contributed by atoms with Gasteiger partial charge in [0.2, 0.25) is 0 Å². The van der Waals surface area contributed by atoms with Crippen molar-refractivity contribution in [3.8, 4) is 22.6 Å². The quantitative estimate of drug-likeness (QED) is 0.410. The monoisotopic (exact) mass is 505 g/mol. The summed E-state index contributed by atoms with van der Waals surface area (Å²) < 4.78 is 29.0. The molecule has 2 aliphatic rings. The summed E-state index contributed by atoms with van der Waals surface area (Å²) in [6.07, 6.45) is 5.55. The maximum absolute atomic E-state index is 14.5. The molecule has 0 aliphatic heterocycles. The lowest BCUT2D eigenvalue weighted by Gasteiger charge is -2.37. The van der Waals surface area contributed by atoms with Gasteiger partial charge in [-0.2, -0.15) is 20.1 Å². The number of halogens is 2. The van der Waals surface area contributed by atoms with Gasteiger partial charge in [0, 0.05) is 6.20 Å². The average molecular weight is 506 g/mol. The molecule has 2 aliphatic carbocycles. The Bertz CT molecular complexity index is 1490. The minimum atomic E-state index is -0.968. The number of nitrogens with zero attached hydrogens (tertiary/aromatic N) is 7. The molecule has 3 aromatic heterocycles. The number of hydrogen-bond acceptors (Lipinski definition) is 8. The van der Waals surface area contributed by atoms with E-state index in [2.05, 4.69) is 39.2 Å². The summed E-state index contributed by atoms with van der Waals surface area (Å²) in [6, 6.07) is 5.53. The molecule has 6 rings (SSSR count). The zero-order chi connectivity index (χ0) is 25.9. The highest BCUT2D eigenvalue weighted by Crippen LogP contribution is 2.69. The molecule has 0 saturated heterocycles. The second kappa shape index (κ2) is 8.42. The predicted octanol–water partition coefficient (Wildman–Crippen LogP) is 3.03. The van der Waals surface area contributed by atoms with Gasteiger partial charge in [-0.05, 0) is 47.9 Å². The van der Waals surface area contributed by atoms with Crippen molar-refractivity contribution < 1.29 is 19.0 Å². The SMILES string of the molecule is CC1(C)[C@H]2CC[C@]1(c1cncc(-c3cnn(C[C@H](O)CO)n3)n1)c1nnc(-c3c(F)cccc3F)cc12. The minimum absolute atomic E-state index is 0.0518. The molecule has 11 heteroatoms. The molecule has 0 amide bonds. The van der Waals surface area contributed by atoms with Gasteiger partial charge in [0.15, 0.2) is 0 Å². The minimum Gasteiger partial charge on any atom is -0.394 e. The first kappa shape index (κ1) is 23.7. The van der Waals surface area contributed by atoms with Crippen molar-refractivity contribution in [2.75, 3.05) is 6.61 Å². The molecule has 3 heterocycles.